The number of rotatable bonds is 6. The van der Waals surface area contributed by atoms with E-state index in [1.807, 2.05) is 24.3 Å². The molecule has 0 unspecified atom stereocenters. The average molecular weight is 494 g/mol. The lowest BCUT2D eigenvalue weighted by molar-refractivity contribution is 0.276. The molecule has 1 fully saturated rings. The summed E-state index contributed by atoms with van der Waals surface area (Å²) < 4.78 is 5.34. The normalized spacial score (nSPS) is 15.4. The van der Waals surface area contributed by atoms with Crippen LogP contribution in [0.25, 0.3) is 0 Å². The maximum atomic E-state index is 6.11. The molecule has 152 valence electrons. The number of hydrogen-bond donors (Lipinski definition) is 2. The van der Waals surface area contributed by atoms with Crippen LogP contribution in [0.3, 0.4) is 0 Å². The summed E-state index contributed by atoms with van der Waals surface area (Å²) in [5, 5.41) is 3.13. The molecule has 0 radical (unpaired) electrons. The van der Waals surface area contributed by atoms with Crippen molar-refractivity contribution in [3.05, 3.63) is 59.7 Å². The van der Waals surface area contributed by atoms with E-state index in [1.54, 1.807) is 7.11 Å². The Bertz CT molecular complexity index is 758. The van der Waals surface area contributed by atoms with Gasteiger partial charge in [0.05, 0.1) is 19.3 Å². The van der Waals surface area contributed by atoms with Crippen LogP contribution in [0.15, 0.2) is 53.5 Å². The van der Waals surface area contributed by atoms with E-state index < -0.39 is 0 Å². The molecular weight excluding hydrogens is 463 g/mol. The van der Waals surface area contributed by atoms with Gasteiger partial charge in [0.25, 0.3) is 0 Å². The van der Waals surface area contributed by atoms with Crippen LogP contribution in [-0.2, 0) is 13.1 Å². The van der Waals surface area contributed by atoms with Gasteiger partial charge in [-0.2, -0.15) is 0 Å². The Hall–Kier alpha value is -1.80. The van der Waals surface area contributed by atoms with E-state index >= 15 is 0 Å². The average Bonchev–Trinajstić information content (AvgIpc) is 2.96. The van der Waals surface area contributed by atoms with E-state index in [-0.39, 0.29) is 24.0 Å². The van der Waals surface area contributed by atoms with Crippen LogP contribution in [0.5, 0.6) is 5.75 Å². The molecule has 0 bridgehead atoms. The van der Waals surface area contributed by atoms with Gasteiger partial charge in [0, 0.05) is 6.54 Å². The smallest absolute Gasteiger partial charge is 0.193 e. The topological polar surface area (TPSA) is 62.9 Å². The molecule has 0 spiro atoms. The van der Waals surface area contributed by atoms with Gasteiger partial charge >= 0.3 is 0 Å². The van der Waals surface area contributed by atoms with Crippen LogP contribution in [-0.4, -0.2) is 31.1 Å². The molecule has 5 nitrogen and oxygen atoms in total. The number of aliphatic imine (C=N–C) groups is 1. The van der Waals surface area contributed by atoms with Crippen LogP contribution < -0.4 is 15.8 Å². The minimum Gasteiger partial charge on any atom is -0.495 e. The van der Waals surface area contributed by atoms with Crippen molar-refractivity contribution >= 4 is 35.6 Å². The number of guanidine groups is 1. The third kappa shape index (κ3) is 6.67. The van der Waals surface area contributed by atoms with Crippen molar-refractivity contribution in [2.45, 2.75) is 38.8 Å². The minimum absolute atomic E-state index is 0. The van der Waals surface area contributed by atoms with Gasteiger partial charge in [-0.15, -0.1) is 24.0 Å². The Morgan fingerprint density at radius 2 is 1.64 bits per heavy atom. The van der Waals surface area contributed by atoms with Crippen LogP contribution in [0.4, 0.5) is 5.69 Å². The highest BCUT2D eigenvalue weighted by atomic mass is 127. The van der Waals surface area contributed by atoms with E-state index in [0.29, 0.717) is 12.5 Å². The summed E-state index contributed by atoms with van der Waals surface area (Å²) in [6.45, 7) is 3.94. The quantitative estimate of drug-likeness (QED) is 0.350. The number of methoxy groups -OCH3 is 1. The largest absolute Gasteiger partial charge is 0.495 e. The third-order valence-electron chi connectivity index (χ3n) is 5.00. The molecule has 28 heavy (non-hydrogen) atoms. The zero-order valence-corrected chi connectivity index (χ0v) is 18.9. The van der Waals surface area contributed by atoms with Gasteiger partial charge in [0.15, 0.2) is 5.96 Å². The molecule has 6 heteroatoms. The third-order valence-corrected chi connectivity index (χ3v) is 5.00. The van der Waals surface area contributed by atoms with Gasteiger partial charge < -0.3 is 15.8 Å². The van der Waals surface area contributed by atoms with Crippen LogP contribution in [0.2, 0.25) is 0 Å². The fourth-order valence-corrected chi connectivity index (χ4v) is 3.50. The zero-order valence-electron chi connectivity index (χ0n) is 16.6. The van der Waals surface area contributed by atoms with Gasteiger partial charge in [-0.3, -0.25) is 4.90 Å². The Labute approximate surface area is 185 Å². The second kappa shape index (κ2) is 11.9. The number of hydrogen-bond acceptors (Lipinski definition) is 3. The predicted octanol–water partition coefficient (Wildman–Crippen LogP) is 4.62. The van der Waals surface area contributed by atoms with Gasteiger partial charge in [-0.05, 0) is 49.2 Å². The van der Waals surface area contributed by atoms with Crippen molar-refractivity contribution in [1.29, 1.82) is 0 Å². The number of para-hydroxylation sites is 2. The van der Waals surface area contributed by atoms with Gasteiger partial charge in [0.2, 0.25) is 0 Å². The lowest BCUT2D eigenvalue weighted by atomic mass is 10.1. The van der Waals surface area contributed by atoms with E-state index in [1.165, 1.54) is 49.9 Å². The van der Waals surface area contributed by atoms with E-state index in [2.05, 4.69) is 39.5 Å². The summed E-state index contributed by atoms with van der Waals surface area (Å²) in [7, 11) is 1.65. The molecule has 2 aromatic rings. The summed E-state index contributed by atoms with van der Waals surface area (Å²) in [6, 6.07) is 16.2. The highest BCUT2D eigenvalue weighted by Crippen LogP contribution is 2.23. The first-order valence-corrected chi connectivity index (χ1v) is 9.75. The lowest BCUT2D eigenvalue weighted by Crippen LogP contribution is -2.25. The monoisotopic (exact) mass is 494 g/mol. The van der Waals surface area contributed by atoms with E-state index in [4.69, 9.17) is 10.5 Å². The van der Waals surface area contributed by atoms with E-state index in [0.717, 1.165) is 18.0 Å². The fraction of sp³-hybridized carbons (Fsp3) is 0.409. The number of nitrogens with one attached hydrogen (secondary N) is 1. The van der Waals surface area contributed by atoms with Crippen molar-refractivity contribution in [1.82, 2.24) is 4.90 Å². The number of anilines is 1. The summed E-state index contributed by atoms with van der Waals surface area (Å²) in [5.41, 5.74) is 9.49. The first kappa shape index (κ1) is 22.5. The number of nitrogens with two attached hydrogens (primary N) is 1. The highest BCUT2D eigenvalue weighted by Gasteiger charge is 2.11. The molecular formula is C22H31IN4O. The van der Waals surface area contributed by atoms with Crippen molar-refractivity contribution in [2.24, 2.45) is 10.7 Å². The lowest BCUT2D eigenvalue weighted by Gasteiger charge is -2.21. The van der Waals surface area contributed by atoms with Gasteiger partial charge in [-0.25, -0.2) is 4.99 Å². The second-order valence-electron chi connectivity index (χ2n) is 6.99. The molecule has 3 rings (SSSR count). The molecule has 0 atom stereocenters. The summed E-state index contributed by atoms with van der Waals surface area (Å²) in [6.07, 6.45) is 5.31. The first-order chi connectivity index (χ1) is 13.3. The van der Waals surface area contributed by atoms with E-state index in [9.17, 15) is 0 Å². The molecule has 1 aliphatic heterocycles. The Morgan fingerprint density at radius 1 is 1.00 bits per heavy atom. The molecule has 1 saturated heterocycles. The maximum absolute atomic E-state index is 6.11. The highest BCUT2D eigenvalue weighted by molar-refractivity contribution is 14.0. The van der Waals surface area contributed by atoms with Crippen LogP contribution >= 0.6 is 24.0 Å². The predicted molar refractivity (Wildman–Crippen MR) is 128 cm³/mol. The molecule has 3 N–H and O–H groups in total. The zero-order chi connectivity index (χ0) is 18.9. The molecule has 1 heterocycles. The molecule has 0 aliphatic carbocycles. The standard InChI is InChI=1S/C22H30N4O.HI/c1-27-21-13-7-6-12-20(21)25-22(23)24-16-18-10-4-5-11-19(18)17-26-14-8-2-3-9-15-26;/h4-7,10-13H,2-3,8-9,14-17H2,1H3,(H3,23,24,25);1H. The molecule has 2 aromatic carbocycles. The van der Waals surface area contributed by atoms with Crippen molar-refractivity contribution < 1.29 is 4.74 Å². The summed E-state index contributed by atoms with van der Waals surface area (Å²) in [5.74, 6) is 1.14. The molecule has 0 saturated carbocycles. The fourth-order valence-electron chi connectivity index (χ4n) is 3.50. The summed E-state index contributed by atoms with van der Waals surface area (Å²) in [4.78, 5) is 7.11. The number of benzene rings is 2. The van der Waals surface area contributed by atoms with Crippen LogP contribution in [0, 0.1) is 0 Å². The van der Waals surface area contributed by atoms with Crippen molar-refractivity contribution in [3.63, 3.8) is 0 Å². The van der Waals surface area contributed by atoms with Gasteiger partial charge in [-0.1, -0.05) is 49.2 Å². The second-order valence-corrected chi connectivity index (χ2v) is 6.99. The molecule has 1 aliphatic rings. The maximum Gasteiger partial charge on any atom is 0.193 e. The molecule has 0 amide bonds. The Morgan fingerprint density at radius 3 is 2.36 bits per heavy atom. The SMILES string of the molecule is COc1ccccc1NC(N)=NCc1ccccc1CN1CCCCCC1.I. The number of nitrogens with zero attached hydrogens (tertiary/aromatic N) is 2. The van der Waals surface area contributed by atoms with Crippen molar-refractivity contribution in [3.8, 4) is 5.75 Å². The summed E-state index contributed by atoms with van der Waals surface area (Å²) >= 11 is 0. The molecule has 0 aromatic heterocycles. The van der Waals surface area contributed by atoms with Crippen molar-refractivity contribution in [2.75, 3.05) is 25.5 Å². The number of halogens is 1. The number of likely N-dealkylation sites (tertiary alicyclic amines) is 1. The Kier molecular flexibility index (Phi) is 9.57. The van der Waals surface area contributed by atoms with Gasteiger partial charge in [0.1, 0.15) is 5.75 Å². The number of ether oxygens (including phenoxy) is 1. The Balaban J connectivity index is 0.00000280. The minimum atomic E-state index is 0. The van der Waals surface area contributed by atoms with Crippen LogP contribution in [0.1, 0.15) is 36.8 Å². The first-order valence-electron chi connectivity index (χ1n) is 9.75.